The minimum atomic E-state index is 0. The molecule has 5 nitrogen and oxygen atoms in total. The molecule has 0 aliphatic heterocycles. The van der Waals surface area contributed by atoms with Gasteiger partial charge in [0.1, 0.15) is 11.5 Å². The number of halogens is 1. The summed E-state index contributed by atoms with van der Waals surface area (Å²) in [6, 6.07) is 11.9. The number of methoxy groups -OCH3 is 1. The van der Waals surface area contributed by atoms with Crippen molar-refractivity contribution in [3.05, 3.63) is 54.0 Å². The van der Waals surface area contributed by atoms with E-state index < -0.39 is 0 Å². The van der Waals surface area contributed by atoms with Crippen LogP contribution in [0.2, 0.25) is 0 Å². The molecule has 0 bridgehead atoms. The molecule has 0 radical (unpaired) electrons. The van der Waals surface area contributed by atoms with Gasteiger partial charge in [0.2, 0.25) is 0 Å². The highest BCUT2D eigenvalue weighted by Gasteiger charge is 2.07. The van der Waals surface area contributed by atoms with Gasteiger partial charge in [0, 0.05) is 33.6 Å². The molecule has 2 aromatic rings. The van der Waals surface area contributed by atoms with Gasteiger partial charge in [0.05, 0.1) is 13.4 Å². The Morgan fingerprint density at radius 3 is 2.57 bits per heavy atom. The zero-order valence-corrected chi connectivity index (χ0v) is 16.1. The highest BCUT2D eigenvalue weighted by Crippen LogP contribution is 2.12. The Bertz CT molecular complexity index is 582. The summed E-state index contributed by atoms with van der Waals surface area (Å²) < 4.78 is 10.5. The van der Waals surface area contributed by atoms with Crippen molar-refractivity contribution in [2.45, 2.75) is 13.0 Å². The molecule has 6 heteroatoms. The molecule has 1 heterocycles. The zero-order valence-electron chi connectivity index (χ0n) is 13.8. The summed E-state index contributed by atoms with van der Waals surface area (Å²) in [5.74, 6) is 2.70. The summed E-state index contributed by atoms with van der Waals surface area (Å²) >= 11 is 0. The van der Waals surface area contributed by atoms with Crippen LogP contribution < -0.4 is 10.1 Å². The second-order valence-corrected chi connectivity index (χ2v) is 5.01. The van der Waals surface area contributed by atoms with Crippen LogP contribution in [0.1, 0.15) is 11.3 Å². The van der Waals surface area contributed by atoms with Crippen LogP contribution in [-0.2, 0) is 13.0 Å². The molecule has 1 aromatic heterocycles. The first-order valence-corrected chi connectivity index (χ1v) is 7.30. The molecule has 0 aliphatic rings. The van der Waals surface area contributed by atoms with Gasteiger partial charge < -0.3 is 19.4 Å². The molecule has 1 aromatic carbocycles. The largest absolute Gasteiger partial charge is 0.497 e. The van der Waals surface area contributed by atoms with Crippen molar-refractivity contribution in [1.82, 2.24) is 10.2 Å². The predicted octanol–water partition coefficient (Wildman–Crippen LogP) is 3.16. The number of hydrogen-bond donors (Lipinski definition) is 1. The molecule has 0 fully saturated rings. The van der Waals surface area contributed by atoms with Crippen molar-refractivity contribution in [2.75, 3.05) is 27.7 Å². The van der Waals surface area contributed by atoms with E-state index in [0.29, 0.717) is 0 Å². The number of nitrogens with one attached hydrogen (secondary N) is 1. The van der Waals surface area contributed by atoms with Crippen molar-refractivity contribution < 1.29 is 9.15 Å². The maximum atomic E-state index is 5.32. The Kier molecular flexibility index (Phi) is 8.53. The summed E-state index contributed by atoms with van der Waals surface area (Å²) in [6.07, 6.45) is 2.53. The van der Waals surface area contributed by atoms with Gasteiger partial charge in [-0.1, -0.05) is 12.1 Å². The second kappa shape index (κ2) is 10.1. The molecule has 126 valence electrons. The average Bonchev–Trinajstić information content (AvgIpc) is 3.05. The smallest absolute Gasteiger partial charge is 0.193 e. The van der Waals surface area contributed by atoms with E-state index in [1.165, 1.54) is 5.56 Å². The van der Waals surface area contributed by atoms with E-state index in [1.807, 2.05) is 31.3 Å². The highest BCUT2D eigenvalue weighted by molar-refractivity contribution is 14.0. The second-order valence-electron chi connectivity index (χ2n) is 5.01. The minimum absolute atomic E-state index is 0. The lowest BCUT2D eigenvalue weighted by Gasteiger charge is -2.22. The molecule has 0 saturated carbocycles. The van der Waals surface area contributed by atoms with Crippen molar-refractivity contribution >= 4 is 29.9 Å². The van der Waals surface area contributed by atoms with Crippen LogP contribution in [0.4, 0.5) is 0 Å². The third kappa shape index (κ3) is 6.13. The van der Waals surface area contributed by atoms with Crippen LogP contribution in [0.3, 0.4) is 0 Å². The monoisotopic (exact) mass is 429 g/mol. The van der Waals surface area contributed by atoms with Crippen molar-refractivity contribution in [3.63, 3.8) is 0 Å². The van der Waals surface area contributed by atoms with Gasteiger partial charge in [0.15, 0.2) is 5.96 Å². The number of aliphatic imine (C=N–C) groups is 1. The maximum absolute atomic E-state index is 5.32. The Balaban J connectivity index is 0.00000264. The Labute approximate surface area is 154 Å². The van der Waals surface area contributed by atoms with E-state index in [0.717, 1.165) is 37.0 Å². The number of nitrogens with zero attached hydrogens (tertiary/aromatic N) is 2. The molecular weight excluding hydrogens is 405 g/mol. The quantitative estimate of drug-likeness (QED) is 0.436. The number of benzene rings is 1. The van der Waals surface area contributed by atoms with Crippen molar-refractivity contribution in [1.29, 1.82) is 0 Å². The fourth-order valence-corrected chi connectivity index (χ4v) is 2.22. The van der Waals surface area contributed by atoms with Gasteiger partial charge in [-0.25, -0.2) is 0 Å². The normalized spacial score (nSPS) is 10.8. The topological polar surface area (TPSA) is 50.0 Å². The first kappa shape index (κ1) is 19.3. The van der Waals surface area contributed by atoms with Crippen LogP contribution >= 0.6 is 24.0 Å². The Hall–Kier alpha value is -1.70. The molecule has 0 saturated heterocycles. The standard InChI is InChI=1S/C17H23N3O2.HI/c1-18-17(19-11-10-16-5-4-12-22-16)20(2)13-14-6-8-15(21-3)9-7-14;/h4-9,12H,10-11,13H2,1-3H3,(H,18,19);1H. The lowest BCUT2D eigenvalue weighted by Crippen LogP contribution is -2.39. The SMILES string of the molecule is CN=C(NCCc1ccco1)N(C)Cc1ccc(OC)cc1.I. The fraction of sp³-hybridized carbons (Fsp3) is 0.353. The zero-order chi connectivity index (χ0) is 15.8. The van der Waals surface area contributed by atoms with Gasteiger partial charge in [-0.15, -0.1) is 24.0 Å². The molecule has 0 spiro atoms. The van der Waals surface area contributed by atoms with Gasteiger partial charge in [-0.3, -0.25) is 4.99 Å². The molecule has 23 heavy (non-hydrogen) atoms. The summed E-state index contributed by atoms with van der Waals surface area (Å²) in [5.41, 5.74) is 1.21. The van der Waals surface area contributed by atoms with E-state index in [9.17, 15) is 0 Å². The van der Waals surface area contributed by atoms with Crippen molar-refractivity contribution in [3.8, 4) is 5.75 Å². The molecule has 0 atom stereocenters. The molecule has 2 rings (SSSR count). The first-order valence-electron chi connectivity index (χ1n) is 7.30. The van der Waals surface area contributed by atoms with Gasteiger partial charge >= 0.3 is 0 Å². The molecular formula is C17H24IN3O2. The van der Waals surface area contributed by atoms with Crippen molar-refractivity contribution in [2.24, 2.45) is 4.99 Å². The van der Waals surface area contributed by atoms with Crippen LogP contribution in [0.25, 0.3) is 0 Å². The molecule has 1 N–H and O–H groups in total. The third-order valence-corrected chi connectivity index (χ3v) is 3.39. The number of rotatable bonds is 6. The number of guanidine groups is 1. The van der Waals surface area contributed by atoms with E-state index >= 15 is 0 Å². The first-order chi connectivity index (χ1) is 10.7. The summed E-state index contributed by atoms with van der Waals surface area (Å²) in [7, 11) is 5.48. The van der Waals surface area contributed by atoms with E-state index in [-0.39, 0.29) is 24.0 Å². The Morgan fingerprint density at radius 1 is 1.26 bits per heavy atom. The maximum Gasteiger partial charge on any atom is 0.193 e. The van der Waals surface area contributed by atoms with Gasteiger partial charge in [-0.2, -0.15) is 0 Å². The Morgan fingerprint density at radius 2 is 2.00 bits per heavy atom. The lowest BCUT2D eigenvalue weighted by molar-refractivity contribution is 0.414. The van der Waals surface area contributed by atoms with E-state index in [2.05, 4.69) is 27.3 Å². The molecule has 0 amide bonds. The number of furan rings is 1. The fourth-order valence-electron chi connectivity index (χ4n) is 2.22. The number of ether oxygens (including phenoxy) is 1. The summed E-state index contributed by atoms with van der Waals surface area (Å²) in [6.45, 7) is 1.57. The predicted molar refractivity (Wildman–Crippen MR) is 104 cm³/mol. The van der Waals surface area contributed by atoms with Crippen LogP contribution in [-0.4, -0.2) is 38.6 Å². The average molecular weight is 429 g/mol. The van der Waals surface area contributed by atoms with Gasteiger partial charge in [-0.05, 0) is 29.8 Å². The lowest BCUT2D eigenvalue weighted by atomic mass is 10.2. The minimum Gasteiger partial charge on any atom is -0.497 e. The summed E-state index contributed by atoms with van der Waals surface area (Å²) in [5, 5.41) is 3.34. The van der Waals surface area contributed by atoms with E-state index in [1.54, 1.807) is 20.4 Å². The van der Waals surface area contributed by atoms with Crippen LogP contribution in [0.5, 0.6) is 5.75 Å². The number of hydrogen-bond acceptors (Lipinski definition) is 3. The van der Waals surface area contributed by atoms with E-state index in [4.69, 9.17) is 9.15 Å². The molecule has 0 unspecified atom stereocenters. The molecule has 0 aliphatic carbocycles. The highest BCUT2D eigenvalue weighted by atomic mass is 127. The third-order valence-electron chi connectivity index (χ3n) is 3.39. The van der Waals surface area contributed by atoms with Crippen LogP contribution in [0.15, 0.2) is 52.1 Å². The van der Waals surface area contributed by atoms with Gasteiger partial charge in [0.25, 0.3) is 0 Å². The summed E-state index contributed by atoms with van der Waals surface area (Å²) in [4.78, 5) is 6.40. The van der Waals surface area contributed by atoms with Crippen LogP contribution in [0, 0.1) is 0 Å².